The predicted molar refractivity (Wildman–Crippen MR) is 69.4 cm³/mol. The van der Waals surface area contributed by atoms with Crippen LogP contribution in [0, 0.1) is 0 Å². The topological polar surface area (TPSA) is 29.5 Å². The minimum Gasteiger partial charge on any atom is -0.501 e. The lowest BCUT2D eigenvalue weighted by Gasteiger charge is -2.05. The molecule has 0 atom stereocenters. The molecule has 0 saturated carbocycles. The van der Waals surface area contributed by atoms with Gasteiger partial charge in [0.25, 0.3) is 0 Å². The zero-order chi connectivity index (χ0) is 12.1. The summed E-state index contributed by atoms with van der Waals surface area (Å²) in [6.07, 6.45) is 11.0. The first kappa shape index (κ1) is 15.5. The molecule has 0 radical (unpaired) electrons. The summed E-state index contributed by atoms with van der Waals surface area (Å²) in [5, 5.41) is 8.62. The quantitative estimate of drug-likeness (QED) is 0.427. The molecule has 0 aliphatic rings. The molecular formula is C14H28O2. The van der Waals surface area contributed by atoms with Crippen LogP contribution in [0.4, 0.5) is 0 Å². The number of aliphatic hydroxyl groups is 1. The van der Waals surface area contributed by atoms with Crippen LogP contribution in [-0.2, 0) is 4.74 Å². The lowest BCUT2D eigenvalue weighted by Crippen LogP contribution is -1.91. The summed E-state index contributed by atoms with van der Waals surface area (Å²) >= 11 is 0. The monoisotopic (exact) mass is 228 g/mol. The van der Waals surface area contributed by atoms with Gasteiger partial charge in [0.05, 0.1) is 12.9 Å². The van der Waals surface area contributed by atoms with Crippen molar-refractivity contribution in [1.82, 2.24) is 0 Å². The Balaban J connectivity index is 3.40. The van der Waals surface area contributed by atoms with Crippen LogP contribution in [0.15, 0.2) is 11.8 Å². The molecule has 0 aliphatic carbocycles. The van der Waals surface area contributed by atoms with E-state index in [1.807, 2.05) is 6.26 Å². The van der Waals surface area contributed by atoms with Gasteiger partial charge in [0.1, 0.15) is 0 Å². The van der Waals surface area contributed by atoms with Gasteiger partial charge in [0.15, 0.2) is 0 Å². The van der Waals surface area contributed by atoms with Gasteiger partial charge in [-0.25, -0.2) is 0 Å². The Hall–Kier alpha value is -0.500. The maximum Gasteiger partial charge on any atom is 0.0873 e. The zero-order valence-corrected chi connectivity index (χ0v) is 11.0. The standard InChI is InChI=1S/C14H28O2/c1-3-5-10-14(4-2)13-16-12-9-7-6-8-11-15/h13,15H,3-12H2,1-2H3. The van der Waals surface area contributed by atoms with Crippen LogP contribution in [0.3, 0.4) is 0 Å². The van der Waals surface area contributed by atoms with Gasteiger partial charge in [-0.3, -0.25) is 0 Å². The van der Waals surface area contributed by atoms with Crippen LogP contribution in [0.25, 0.3) is 0 Å². The van der Waals surface area contributed by atoms with E-state index in [9.17, 15) is 0 Å². The molecule has 0 aliphatic heterocycles. The molecule has 0 aromatic rings. The molecule has 16 heavy (non-hydrogen) atoms. The Bertz CT molecular complexity index is 164. The maximum absolute atomic E-state index is 8.62. The van der Waals surface area contributed by atoms with Crippen molar-refractivity contribution in [2.75, 3.05) is 13.2 Å². The fourth-order valence-corrected chi connectivity index (χ4v) is 1.55. The summed E-state index contributed by atoms with van der Waals surface area (Å²) in [4.78, 5) is 0. The van der Waals surface area contributed by atoms with E-state index in [4.69, 9.17) is 9.84 Å². The number of unbranched alkanes of at least 4 members (excludes halogenated alkanes) is 4. The van der Waals surface area contributed by atoms with Gasteiger partial charge in [-0.15, -0.1) is 0 Å². The van der Waals surface area contributed by atoms with Gasteiger partial charge < -0.3 is 9.84 Å². The van der Waals surface area contributed by atoms with E-state index in [1.165, 1.54) is 24.8 Å². The molecule has 2 heteroatoms. The van der Waals surface area contributed by atoms with E-state index in [2.05, 4.69) is 13.8 Å². The van der Waals surface area contributed by atoms with Crippen LogP contribution in [0.1, 0.15) is 65.2 Å². The molecule has 0 unspecified atom stereocenters. The van der Waals surface area contributed by atoms with Crippen LogP contribution in [-0.4, -0.2) is 18.3 Å². The average Bonchev–Trinajstić information content (AvgIpc) is 2.32. The minimum absolute atomic E-state index is 0.317. The van der Waals surface area contributed by atoms with Crippen LogP contribution in [0.2, 0.25) is 0 Å². The van der Waals surface area contributed by atoms with Gasteiger partial charge in [-0.1, -0.05) is 26.7 Å². The number of hydrogen-bond donors (Lipinski definition) is 1. The van der Waals surface area contributed by atoms with Gasteiger partial charge in [0.2, 0.25) is 0 Å². The van der Waals surface area contributed by atoms with Gasteiger partial charge in [-0.2, -0.15) is 0 Å². The third kappa shape index (κ3) is 10.0. The number of aliphatic hydroxyl groups excluding tert-OH is 1. The fourth-order valence-electron chi connectivity index (χ4n) is 1.55. The number of allylic oxidation sites excluding steroid dienone is 1. The van der Waals surface area contributed by atoms with Crippen LogP contribution >= 0.6 is 0 Å². The van der Waals surface area contributed by atoms with Gasteiger partial charge >= 0.3 is 0 Å². The second-order valence-corrected chi connectivity index (χ2v) is 4.24. The predicted octanol–water partition coefficient (Wildman–Crippen LogP) is 4.04. The third-order valence-corrected chi connectivity index (χ3v) is 2.73. The summed E-state index contributed by atoms with van der Waals surface area (Å²) < 4.78 is 5.54. The molecule has 0 saturated heterocycles. The Morgan fingerprint density at radius 3 is 2.44 bits per heavy atom. The minimum atomic E-state index is 0.317. The first-order chi connectivity index (χ1) is 7.85. The van der Waals surface area contributed by atoms with Crippen molar-refractivity contribution in [3.05, 3.63) is 11.8 Å². The molecule has 0 rings (SSSR count). The van der Waals surface area contributed by atoms with Crippen molar-refractivity contribution in [2.24, 2.45) is 0 Å². The smallest absolute Gasteiger partial charge is 0.0873 e. The SMILES string of the molecule is CCCCC(=COCCCCCCO)CC. The molecule has 2 nitrogen and oxygen atoms in total. The number of hydrogen-bond acceptors (Lipinski definition) is 2. The highest BCUT2D eigenvalue weighted by atomic mass is 16.5. The van der Waals surface area contributed by atoms with Crippen molar-refractivity contribution in [2.45, 2.75) is 65.2 Å². The number of rotatable bonds is 11. The van der Waals surface area contributed by atoms with Crippen LogP contribution < -0.4 is 0 Å². The third-order valence-electron chi connectivity index (χ3n) is 2.73. The van der Waals surface area contributed by atoms with E-state index < -0.39 is 0 Å². The van der Waals surface area contributed by atoms with E-state index in [0.717, 1.165) is 38.7 Å². The van der Waals surface area contributed by atoms with Crippen molar-refractivity contribution in [3.63, 3.8) is 0 Å². The molecule has 0 fully saturated rings. The maximum atomic E-state index is 8.62. The zero-order valence-electron chi connectivity index (χ0n) is 11.0. The summed E-state index contributed by atoms with van der Waals surface area (Å²) in [7, 11) is 0. The first-order valence-electron chi connectivity index (χ1n) is 6.75. The van der Waals surface area contributed by atoms with Crippen molar-refractivity contribution in [1.29, 1.82) is 0 Å². The lowest BCUT2D eigenvalue weighted by atomic mass is 10.1. The van der Waals surface area contributed by atoms with E-state index >= 15 is 0 Å². The van der Waals surface area contributed by atoms with E-state index in [-0.39, 0.29) is 0 Å². The van der Waals surface area contributed by atoms with E-state index in [1.54, 1.807) is 0 Å². The fraction of sp³-hybridized carbons (Fsp3) is 0.857. The largest absolute Gasteiger partial charge is 0.501 e. The van der Waals surface area contributed by atoms with Crippen LogP contribution in [0.5, 0.6) is 0 Å². The molecule has 96 valence electrons. The molecule has 0 aromatic heterocycles. The summed E-state index contributed by atoms with van der Waals surface area (Å²) in [6.45, 7) is 5.54. The first-order valence-corrected chi connectivity index (χ1v) is 6.75. The Morgan fingerprint density at radius 2 is 1.81 bits per heavy atom. The molecule has 0 aromatic carbocycles. The lowest BCUT2D eigenvalue weighted by molar-refractivity contribution is 0.232. The summed E-state index contributed by atoms with van der Waals surface area (Å²) in [5.41, 5.74) is 1.43. The van der Waals surface area contributed by atoms with Crippen molar-refractivity contribution >= 4 is 0 Å². The van der Waals surface area contributed by atoms with Crippen molar-refractivity contribution < 1.29 is 9.84 Å². The second kappa shape index (κ2) is 12.6. The summed E-state index contributed by atoms with van der Waals surface area (Å²) in [5.74, 6) is 0. The Morgan fingerprint density at radius 1 is 1.06 bits per heavy atom. The molecule has 0 bridgehead atoms. The molecule has 0 heterocycles. The highest BCUT2D eigenvalue weighted by Crippen LogP contribution is 2.11. The number of ether oxygens (including phenoxy) is 1. The Kier molecular flexibility index (Phi) is 12.2. The van der Waals surface area contributed by atoms with Gasteiger partial charge in [-0.05, 0) is 44.1 Å². The highest BCUT2D eigenvalue weighted by Gasteiger charge is 1.94. The normalized spacial score (nSPS) is 11.8. The molecule has 0 spiro atoms. The average molecular weight is 228 g/mol. The highest BCUT2D eigenvalue weighted by molar-refractivity contribution is 4.96. The summed E-state index contributed by atoms with van der Waals surface area (Å²) in [6, 6.07) is 0. The van der Waals surface area contributed by atoms with Gasteiger partial charge in [0, 0.05) is 6.61 Å². The molecule has 0 amide bonds. The molecular weight excluding hydrogens is 200 g/mol. The van der Waals surface area contributed by atoms with Crippen molar-refractivity contribution in [3.8, 4) is 0 Å². The van der Waals surface area contributed by atoms with E-state index in [0.29, 0.717) is 6.61 Å². The Labute approximate surface area is 101 Å². The second-order valence-electron chi connectivity index (χ2n) is 4.24. The molecule has 1 N–H and O–H groups in total.